The molecule has 0 aliphatic heterocycles. The van der Waals surface area contributed by atoms with Crippen LogP contribution in [0.2, 0.25) is 0 Å². The summed E-state index contributed by atoms with van der Waals surface area (Å²) < 4.78 is 0. The molecule has 96 valence electrons. The number of benzene rings is 2. The first-order valence-corrected chi connectivity index (χ1v) is 6.49. The van der Waals surface area contributed by atoms with E-state index in [1.54, 1.807) is 0 Å². The molecule has 0 atom stereocenters. The molecule has 0 radical (unpaired) electrons. The highest BCUT2D eigenvalue weighted by Gasteiger charge is 2.32. The Morgan fingerprint density at radius 3 is 2.05 bits per heavy atom. The number of amides is 1. The van der Waals surface area contributed by atoms with E-state index in [9.17, 15) is 4.79 Å². The number of hydrogen-bond donors (Lipinski definition) is 2. The number of rotatable bonds is 3. The van der Waals surface area contributed by atoms with Crippen LogP contribution in [0.3, 0.4) is 0 Å². The standard InChI is InChI=1S/C16H16N2O/c17-9-10-18-16(19)15-13-7-3-1-5-11(13)12-6-2-4-8-14(12)15/h1-8,15H,9-10,17H2,(H,18,19). The van der Waals surface area contributed by atoms with Crippen molar-refractivity contribution in [2.75, 3.05) is 13.1 Å². The van der Waals surface area contributed by atoms with E-state index in [-0.39, 0.29) is 11.8 Å². The molecule has 2 aromatic carbocycles. The maximum atomic E-state index is 12.4. The lowest BCUT2D eigenvalue weighted by atomic mass is 9.96. The van der Waals surface area contributed by atoms with Gasteiger partial charge in [0.15, 0.2) is 0 Å². The zero-order chi connectivity index (χ0) is 13.2. The van der Waals surface area contributed by atoms with E-state index in [4.69, 9.17) is 5.73 Å². The van der Waals surface area contributed by atoms with E-state index in [0.29, 0.717) is 13.1 Å². The van der Waals surface area contributed by atoms with Crippen LogP contribution in [-0.4, -0.2) is 19.0 Å². The van der Waals surface area contributed by atoms with Crippen molar-refractivity contribution in [2.24, 2.45) is 5.73 Å². The van der Waals surface area contributed by atoms with Gasteiger partial charge in [-0.25, -0.2) is 0 Å². The fourth-order valence-electron chi connectivity index (χ4n) is 2.74. The molecule has 1 amide bonds. The molecule has 2 aromatic rings. The van der Waals surface area contributed by atoms with Gasteiger partial charge in [0.25, 0.3) is 0 Å². The quantitative estimate of drug-likeness (QED) is 0.876. The fourth-order valence-corrected chi connectivity index (χ4v) is 2.74. The second-order valence-electron chi connectivity index (χ2n) is 4.69. The molecule has 3 nitrogen and oxygen atoms in total. The van der Waals surface area contributed by atoms with Crippen molar-refractivity contribution in [3.63, 3.8) is 0 Å². The highest BCUT2D eigenvalue weighted by molar-refractivity contribution is 5.96. The van der Waals surface area contributed by atoms with E-state index in [1.165, 1.54) is 0 Å². The molecule has 0 aromatic heterocycles. The van der Waals surface area contributed by atoms with Crippen molar-refractivity contribution in [2.45, 2.75) is 5.92 Å². The minimum Gasteiger partial charge on any atom is -0.354 e. The monoisotopic (exact) mass is 252 g/mol. The number of hydrogen-bond acceptors (Lipinski definition) is 2. The Morgan fingerprint density at radius 2 is 1.53 bits per heavy atom. The first-order chi connectivity index (χ1) is 9.33. The van der Waals surface area contributed by atoms with E-state index >= 15 is 0 Å². The summed E-state index contributed by atoms with van der Waals surface area (Å²) >= 11 is 0. The summed E-state index contributed by atoms with van der Waals surface area (Å²) in [5, 5.41) is 2.89. The predicted molar refractivity (Wildman–Crippen MR) is 75.8 cm³/mol. The molecule has 0 fully saturated rings. The van der Waals surface area contributed by atoms with E-state index in [2.05, 4.69) is 17.4 Å². The summed E-state index contributed by atoms with van der Waals surface area (Å²) in [5.74, 6) is -0.179. The van der Waals surface area contributed by atoms with E-state index in [1.807, 2.05) is 36.4 Å². The zero-order valence-corrected chi connectivity index (χ0v) is 10.6. The van der Waals surface area contributed by atoms with Crippen molar-refractivity contribution in [3.8, 4) is 11.1 Å². The molecule has 3 heteroatoms. The Bertz CT molecular complexity index is 576. The van der Waals surface area contributed by atoms with Crippen LogP contribution in [0.5, 0.6) is 0 Å². The summed E-state index contributed by atoms with van der Waals surface area (Å²) in [6.45, 7) is 0.974. The van der Waals surface area contributed by atoms with Crippen LogP contribution in [-0.2, 0) is 4.79 Å². The number of carbonyl (C=O) groups excluding carboxylic acids is 1. The summed E-state index contributed by atoms with van der Waals surface area (Å²) in [7, 11) is 0. The van der Waals surface area contributed by atoms with Crippen molar-refractivity contribution >= 4 is 5.91 Å². The molecule has 0 spiro atoms. The second-order valence-corrected chi connectivity index (χ2v) is 4.69. The molecule has 0 saturated heterocycles. The van der Waals surface area contributed by atoms with Gasteiger partial charge in [-0.1, -0.05) is 48.5 Å². The predicted octanol–water partition coefficient (Wildman–Crippen LogP) is 1.87. The zero-order valence-electron chi connectivity index (χ0n) is 10.6. The topological polar surface area (TPSA) is 55.1 Å². The normalized spacial score (nSPS) is 12.9. The smallest absolute Gasteiger partial charge is 0.232 e. The van der Waals surface area contributed by atoms with Crippen molar-refractivity contribution in [1.82, 2.24) is 5.32 Å². The van der Waals surface area contributed by atoms with Gasteiger partial charge in [-0.2, -0.15) is 0 Å². The van der Waals surface area contributed by atoms with Gasteiger partial charge >= 0.3 is 0 Å². The Hall–Kier alpha value is -2.13. The molecule has 0 bridgehead atoms. The van der Waals surface area contributed by atoms with Gasteiger partial charge in [0.05, 0.1) is 5.92 Å². The van der Waals surface area contributed by atoms with Crippen LogP contribution in [0.1, 0.15) is 17.0 Å². The van der Waals surface area contributed by atoms with Crippen LogP contribution in [0.4, 0.5) is 0 Å². The van der Waals surface area contributed by atoms with E-state index < -0.39 is 0 Å². The van der Waals surface area contributed by atoms with Gasteiger partial charge in [0, 0.05) is 13.1 Å². The number of nitrogens with one attached hydrogen (secondary N) is 1. The van der Waals surface area contributed by atoms with Gasteiger partial charge in [0.1, 0.15) is 0 Å². The van der Waals surface area contributed by atoms with Crippen LogP contribution < -0.4 is 11.1 Å². The molecule has 1 aliphatic rings. The van der Waals surface area contributed by atoms with Gasteiger partial charge in [0.2, 0.25) is 5.91 Å². The molecule has 0 saturated carbocycles. The average Bonchev–Trinajstić information content (AvgIpc) is 2.79. The van der Waals surface area contributed by atoms with Crippen LogP contribution in [0.25, 0.3) is 11.1 Å². The highest BCUT2D eigenvalue weighted by atomic mass is 16.1. The summed E-state index contributed by atoms with van der Waals surface area (Å²) in [6.07, 6.45) is 0. The minimum atomic E-state index is -0.209. The minimum absolute atomic E-state index is 0.0304. The van der Waals surface area contributed by atoms with Gasteiger partial charge in [-0.3, -0.25) is 4.79 Å². The SMILES string of the molecule is NCCNC(=O)C1c2ccccc2-c2ccccc21. The molecular weight excluding hydrogens is 236 g/mol. The Morgan fingerprint density at radius 1 is 1.00 bits per heavy atom. The molecule has 3 N–H and O–H groups in total. The lowest BCUT2D eigenvalue weighted by molar-refractivity contribution is -0.121. The van der Waals surface area contributed by atoms with Crippen molar-refractivity contribution < 1.29 is 4.79 Å². The van der Waals surface area contributed by atoms with Gasteiger partial charge in [-0.15, -0.1) is 0 Å². The number of carbonyl (C=O) groups is 1. The fraction of sp³-hybridized carbons (Fsp3) is 0.188. The van der Waals surface area contributed by atoms with Crippen molar-refractivity contribution in [3.05, 3.63) is 59.7 Å². The molecule has 19 heavy (non-hydrogen) atoms. The Kier molecular flexibility index (Phi) is 3.05. The Balaban J connectivity index is 2.07. The van der Waals surface area contributed by atoms with Crippen LogP contribution >= 0.6 is 0 Å². The molecular formula is C16H16N2O. The molecule has 0 unspecified atom stereocenters. The first kappa shape index (κ1) is 11.9. The third-order valence-corrected chi connectivity index (χ3v) is 3.54. The summed E-state index contributed by atoms with van der Waals surface area (Å²) in [5.41, 5.74) is 9.93. The van der Waals surface area contributed by atoms with Crippen LogP contribution in [0, 0.1) is 0 Å². The average molecular weight is 252 g/mol. The molecule has 1 aliphatic carbocycles. The molecule has 3 rings (SSSR count). The third-order valence-electron chi connectivity index (χ3n) is 3.54. The summed E-state index contributed by atoms with van der Waals surface area (Å²) in [6, 6.07) is 16.2. The third kappa shape index (κ3) is 1.92. The second kappa shape index (κ2) is 4.86. The largest absolute Gasteiger partial charge is 0.354 e. The first-order valence-electron chi connectivity index (χ1n) is 6.49. The number of fused-ring (bicyclic) bond motifs is 3. The lowest BCUT2D eigenvalue weighted by Gasteiger charge is -2.13. The lowest BCUT2D eigenvalue weighted by Crippen LogP contribution is -2.33. The van der Waals surface area contributed by atoms with Crippen LogP contribution in [0.15, 0.2) is 48.5 Å². The van der Waals surface area contributed by atoms with Gasteiger partial charge < -0.3 is 11.1 Å². The Labute approximate surface area is 112 Å². The van der Waals surface area contributed by atoms with Crippen molar-refractivity contribution in [1.29, 1.82) is 0 Å². The molecule has 0 heterocycles. The van der Waals surface area contributed by atoms with E-state index in [0.717, 1.165) is 22.3 Å². The maximum absolute atomic E-state index is 12.4. The van der Waals surface area contributed by atoms with Gasteiger partial charge in [-0.05, 0) is 22.3 Å². The number of nitrogens with two attached hydrogens (primary N) is 1. The highest BCUT2D eigenvalue weighted by Crippen LogP contribution is 2.44. The maximum Gasteiger partial charge on any atom is 0.232 e. The summed E-state index contributed by atoms with van der Waals surface area (Å²) in [4.78, 5) is 12.4.